The van der Waals surface area contributed by atoms with Gasteiger partial charge in [0.1, 0.15) is 5.66 Å². The molecule has 0 bridgehead atoms. The zero-order chi connectivity index (χ0) is 19.8. The summed E-state index contributed by atoms with van der Waals surface area (Å²) in [6, 6.07) is 28.7. The fraction of sp³-hybridized carbons (Fsp3) is 0.136. The van der Waals surface area contributed by atoms with Gasteiger partial charge in [0.25, 0.3) is 0 Å². The predicted molar refractivity (Wildman–Crippen MR) is 114 cm³/mol. The second kappa shape index (κ2) is 9.47. The van der Waals surface area contributed by atoms with Crippen LogP contribution in [0.15, 0.2) is 96.1 Å². The van der Waals surface area contributed by atoms with E-state index in [2.05, 4.69) is 10.5 Å². The van der Waals surface area contributed by atoms with E-state index in [9.17, 15) is 4.57 Å². The summed E-state index contributed by atoms with van der Waals surface area (Å²) >= 11 is 0. The Morgan fingerprint density at radius 1 is 0.821 bits per heavy atom. The molecule has 1 N–H and O–H groups in total. The maximum atomic E-state index is 13.5. The number of anilines is 1. The molecule has 144 valence electrons. The van der Waals surface area contributed by atoms with Crippen molar-refractivity contribution in [2.24, 2.45) is 5.10 Å². The van der Waals surface area contributed by atoms with E-state index in [0.717, 1.165) is 16.8 Å². The molecule has 1 atom stereocenters. The monoisotopic (exact) mass is 394 g/mol. The Bertz CT molecular complexity index is 939. The first-order valence-corrected chi connectivity index (χ1v) is 10.5. The molecular formula is C22H23N2O3P. The van der Waals surface area contributed by atoms with Crippen molar-refractivity contribution >= 4 is 19.0 Å². The molecule has 0 aliphatic carbocycles. The van der Waals surface area contributed by atoms with Crippen LogP contribution in [0.4, 0.5) is 5.69 Å². The van der Waals surface area contributed by atoms with Crippen LogP contribution in [-0.2, 0) is 13.6 Å². The quantitative estimate of drug-likeness (QED) is 0.301. The first kappa shape index (κ1) is 20.0. The van der Waals surface area contributed by atoms with Gasteiger partial charge in [0, 0.05) is 14.2 Å². The van der Waals surface area contributed by atoms with Crippen molar-refractivity contribution < 1.29 is 13.6 Å². The van der Waals surface area contributed by atoms with Crippen LogP contribution in [0, 0.1) is 0 Å². The second-order valence-electron chi connectivity index (χ2n) is 6.06. The van der Waals surface area contributed by atoms with E-state index in [1.54, 1.807) is 0 Å². The van der Waals surface area contributed by atoms with Crippen LogP contribution in [0.3, 0.4) is 0 Å². The van der Waals surface area contributed by atoms with Crippen LogP contribution >= 0.6 is 7.60 Å². The topological polar surface area (TPSA) is 59.9 Å². The molecule has 0 saturated carbocycles. The van der Waals surface area contributed by atoms with Gasteiger partial charge < -0.3 is 9.05 Å². The van der Waals surface area contributed by atoms with Crippen LogP contribution in [-0.4, -0.2) is 19.9 Å². The Morgan fingerprint density at radius 3 is 1.86 bits per heavy atom. The van der Waals surface area contributed by atoms with Gasteiger partial charge in [-0.2, -0.15) is 5.10 Å². The number of nitrogens with zero attached hydrogens (tertiary/aromatic N) is 1. The predicted octanol–water partition coefficient (Wildman–Crippen LogP) is 5.73. The molecule has 1 unspecified atom stereocenters. The summed E-state index contributed by atoms with van der Waals surface area (Å²) < 4.78 is 24.3. The molecule has 5 nitrogen and oxygen atoms in total. The first-order valence-electron chi connectivity index (χ1n) is 8.88. The highest BCUT2D eigenvalue weighted by molar-refractivity contribution is 7.55. The Kier molecular flexibility index (Phi) is 6.77. The highest BCUT2D eigenvalue weighted by Crippen LogP contribution is 2.61. The number of hydrazone groups is 1. The molecule has 3 aromatic carbocycles. The van der Waals surface area contributed by atoms with Gasteiger partial charge in [0.05, 0.1) is 11.4 Å². The molecule has 3 rings (SSSR count). The third-order valence-electron chi connectivity index (χ3n) is 4.35. The smallest absolute Gasteiger partial charge is 0.311 e. The van der Waals surface area contributed by atoms with E-state index in [1.165, 1.54) is 14.2 Å². The highest BCUT2D eigenvalue weighted by Gasteiger charge is 2.40. The SMILES string of the molecule is COP(=O)(OC)C(/C(=N\Nc1ccccc1)c1ccccc1)c1ccccc1. The first-order chi connectivity index (χ1) is 13.7. The molecule has 28 heavy (non-hydrogen) atoms. The van der Waals surface area contributed by atoms with Gasteiger partial charge >= 0.3 is 7.60 Å². The van der Waals surface area contributed by atoms with Crippen molar-refractivity contribution in [1.29, 1.82) is 0 Å². The van der Waals surface area contributed by atoms with Crippen LogP contribution in [0.2, 0.25) is 0 Å². The molecule has 0 heterocycles. The lowest BCUT2D eigenvalue weighted by Gasteiger charge is -2.26. The van der Waals surface area contributed by atoms with E-state index < -0.39 is 13.3 Å². The van der Waals surface area contributed by atoms with Crippen molar-refractivity contribution in [3.8, 4) is 0 Å². The standard InChI is InChI=1S/C22H23N2O3P/c1-26-28(25,27-2)22(19-14-8-4-9-15-19)21(18-12-6-3-7-13-18)24-23-20-16-10-5-11-17-20/h3-17,22-23H,1-2H3/b24-21-. The summed E-state index contributed by atoms with van der Waals surface area (Å²) in [4.78, 5) is 0. The van der Waals surface area contributed by atoms with Crippen molar-refractivity contribution in [2.75, 3.05) is 19.6 Å². The van der Waals surface area contributed by atoms with Crippen LogP contribution in [0.5, 0.6) is 0 Å². The number of rotatable bonds is 8. The van der Waals surface area contributed by atoms with Gasteiger partial charge in [-0.1, -0.05) is 78.9 Å². The van der Waals surface area contributed by atoms with Crippen LogP contribution in [0.25, 0.3) is 0 Å². The minimum absolute atomic E-state index is 0.572. The number of hydrogen-bond donors (Lipinski definition) is 1. The fourth-order valence-corrected chi connectivity index (χ4v) is 4.56. The summed E-state index contributed by atoms with van der Waals surface area (Å²) in [5, 5.41) is 4.64. The zero-order valence-electron chi connectivity index (χ0n) is 15.9. The van der Waals surface area contributed by atoms with Gasteiger partial charge in [0.2, 0.25) is 0 Å². The molecule has 6 heteroatoms. The maximum Gasteiger partial charge on any atom is 0.343 e. The molecule has 0 fully saturated rings. The minimum atomic E-state index is -3.53. The highest BCUT2D eigenvalue weighted by atomic mass is 31.2. The van der Waals surface area contributed by atoms with Crippen molar-refractivity contribution in [2.45, 2.75) is 5.66 Å². The number of para-hydroxylation sites is 1. The van der Waals surface area contributed by atoms with Gasteiger partial charge in [-0.25, -0.2) is 0 Å². The molecule has 0 spiro atoms. The van der Waals surface area contributed by atoms with Crippen LogP contribution in [0.1, 0.15) is 16.8 Å². The molecule has 0 saturated heterocycles. The maximum absolute atomic E-state index is 13.5. The minimum Gasteiger partial charge on any atom is -0.311 e. The molecule has 0 radical (unpaired) electrons. The van der Waals surface area contributed by atoms with Crippen molar-refractivity contribution in [3.63, 3.8) is 0 Å². The van der Waals surface area contributed by atoms with E-state index in [0.29, 0.717) is 5.71 Å². The average Bonchev–Trinajstić information content (AvgIpc) is 2.78. The van der Waals surface area contributed by atoms with E-state index in [1.807, 2.05) is 91.0 Å². The Balaban J connectivity index is 2.15. The van der Waals surface area contributed by atoms with Crippen molar-refractivity contribution in [1.82, 2.24) is 0 Å². The largest absolute Gasteiger partial charge is 0.343 e. The lowest BCUT2D eigenvalue weighted by molar-refractivity contribution is 0.272. The van der Waals surface area contributed by atoms with Gasteiger partial charge in [-0.15, -0.1) is 0 Å². The van der Waals surface area contributed by atoms with Gasteiger partial charge in [-0.3, -0.25) is 9.99 Å². The molecule has 0 amide bonds. The molecule has 0 aromatic heterocycles. The van der Waals surface area contributed by atoms with E-state index in [4.69, 9.17) is 9.05 Å². The fourth-order valence-electron chi connectivity index (χ4n) is 2.94. The summed E-state index contributed by atoms with van der Waals surface area (Å²) in [6.45, 7) is 0. The summed E-state index contributed by atoms with van der Waals surface area (Å²) in [6.07, 6.45) is 0. The Hall–Kier alpha value is -2.72. The molecular weight excluding hydrogens is 371 g/mol. The molecule has 0 aliphatic heterocycles. The molecule has 0 aliphatic rings. The van der Waals surface area contributed by atoms with E-state index >= 15 is 0 Å². The normalized spacial score (nSPS) is 13.1. The van der Waals surface area contributed by atoms with Crippen LogP contribution < -0.4 is 5.43 Å². The Morgan fingerprint density at radius 2 is 1.32 bits per heavy atom. The summed E-state index contributed by atoms with van der Waals surface area (Å²) in [7, 11) is -0.734. The lowest BCUT2D eigenvalue weighted by atomic mass is 10.0. The number of nitrogens with one attached hydrogen (secondary N) is 1. The third-order valence-corrected chi connectivity index (χ3v) is 6.54. The third kappa shape index (κ3) is 4.57. The summed E-state index contributed by atoms with van der Waals surface area (Å²) in [5.74, 6) is 0. The lowest BCUT2D eigenvalue weighted by Crippen LogP contribution is -2.18. The van der Waals surface area contributed by atoms with Crippen molar-refractivity contribution in [3.05, 3.63) is 102 Å². The van der Waals surface area contributed by atoms with Gasteiger partial charge in [0.15, 0.2) is 0 Å². The summed E-state index contributed by atoms with van der Waals surface area (Å²) in [5.41, 5.74) is 5.40. The Labute approximate surface area is 165 Å². The number of benzene rings is 3. The second-order valence-corrected chi connectivity index (χ2v) is 8.39. The average molecular weight is 394 g/mol. The zero-order valence-corrected chi connectivity index (χ0v) is 16.8. The number of hydrogen-bond acceptors (Lipinski definition) is 5. The van der Waals surface area contributed by atoms with E-state index in [-0.39, 0.29) is 0 Å². The van der Waals surface area contributed by atoms with Gasteiger partial charge in [-0.05, 0) is 23.3 Å². The molecule has 3 aromatic rings.